The molecule has 0 fully saturated rings. The molecule has 3 aromatic rings. The molecule has 3 heteroatoms. The summed E-state index contributed by atoms with van der Waals surface area (Å²) >= 11 is 0. The van der Waals surface area contributed by atoms with E-state index in [1.807, 2.05) is 18.2 Å². The molecule has 0 aliphatic rings. The Morgan fingerprint density at radius 3 is 2.43 bits per heavy atom. The van der Waals surface area contributed by atoms with E-state index >= 15 is 0 Å². The third-order valence-corrected chi connectivity index (χ3v) is 3.85. The minimum absolute atomic E-state index is 0.0531. The van der Waals surface area contributed by atoms with Gasteiger partial charge in [-0.25, -0.2) is 4.98 Å². The van der Waals surface area contributed by atoms with Gasteiger partial charge in [-0.2, -0.15) is 0 Å². The zero-order chi connectivity index (χ0) is 15.2. The van der Waals surface area contributed by atoms with Crippen LogP contribution in [0.3, 0.4) is 0 Å². The van der Waals surface area contributed by atoms with Gasteiger partial charge >= 0.3 is 0 Å². The zero-order valence-electron chi connectivity index (χ0n) is 13.0. The molecule has 1 aromatic heterocycles. The molecular weight excluding hydrogens is 258 g/mol. The SMILES string of the molecule is Cc1c(N)cccc1-c1nc2ccccc2n1C(C)(C)C. The number of aromatic nitrogens is 2. The number of anilines is 1. The highest BCUT2D eigenvalue weighted by Crippen LogP contribution is 2.33. The maximum Gasteiger partial charge on any atom is 0.141 e. The number of fused-ring (bicyclic) bond motifs is 1. The fourth-order valence-electron chi connectivity index (χ4n) is 2.78. The Labute approximate surface area is 125 Å². The molecule has 108 valence electrons. The summed E-state index contributed by atoms with van der Waals surface area (Å²) in [6.07, 6.45) is 0. The van der Waals surface area contributed by atoms with Gasteiger partial charge in [-0.05, 0) is 51.5 Å². The van der Waals surface area contributed by atoms with Gasteiger partial charge in [0, 0.05) is 16.8 Å². The highest BCUT2D eigenvalue weighted by molar-refractivity contribution is 5.82. The van der Waals surface area contributed by atoms with Crippen LogP contribution in [0.1, 0.15) is 26.3 Å². The van der Waals surface area contributed by atoms with E-state index in [2.05, 4.69) is 56.5 Å². The van der Waals surface area contributed by atoms with Gasteiger partial charge in [-0.3, -0.25) is 0 Å². The summed E-state index contributed by atoms with van der Waals surface area (Å²) in [6, 6.07) is 14.3. The van der Waals surface area contributed by atoms with E-state index in [4.69, 9.17) is 10.7 Å². The fourth-order valence-corrected chi connectivity index (χ4v) is 2.78. The van der Waals surface area contributed by atoms with Crippen LogP contribution in [-0.2, 0) is 5.54 Å². The predicted molar refractivity (Wildman–Crippen MR) is 89.3 cm³/mol. The van der Waals surface area contributed by atoms with Crippen molar-refractivity contribution >= 4 is 16.7 Å². The normalized spacial score (nSPS) is 12.0. The summed E-state index contributed by atoms with van der Waals surface area (Å²) in [4.78, 5) is 4.86. The summed E-state index contributed by atoms with van der Waals surface area (Å²) in [7, 11) is 0. The largest absolute Gasteiger partial charge is 0.398 e. The third kappa shape index (κ3) is 2.19. The minimum atomic E-state index is -0.0531. The molecule has 0 radical (unpaired) electrons. The fraction of sp³-hybridized carbons (Fsp3) is 0.278. The van der Waals surface area contributed by atoms with Crippen LogP contribution in [0.4, 0.5) is 5.69 Å². The van der Waals surface area contributed by atoms with Gasteiger partial charge in [-0.1, -0.05) is 24.3 Å². The molecule has 3 rings (SSSR count). The average molecular weight is 279 g/mol. The highest BCUT2D eigenvalue weighted by Gasteiger charge is 2.23. The predicted octanol–water partition coefficient (Wildman–Crippen LogP) is 4.35. The number of hydrogen-bond donors (Lipinski definition) is 1. The number of hydrogen-bond acceptors (Lipinski definition) is 2. The van der Waals surface area contributed by atoms with Gasteiger partial charge in [0.25, 0.3) is 0 Å². The molecule has 0 aliphatic heterocycles. The Morgan fingerprint density at radius 2 is 1.71 bits per heavy atom. The zero-order valence-corrected chi connectivity index (χ0v) is 13.0. The summed E-state index contributed by atoms with van der Waals surface area (Å²) in [5.74, 6) is 0.980. The van der Waals surface area contributed by atoms with E-state index in [1.165, 1.54) is 0 Å². The van der Waals surface area contributed by atoms with E-state index in [-0.39, 0.29) is 5.54 Å². The van der Waals surface area contributed by atoms with E-state index in [1.54, 1.807) is 0 Å². The number of rotatable bonds is 1. The number of benzene rings is 2. The van der Waals surface area contributed by atoms with Crippen molar-refractivity contribution in [2.75, 3.05) is 5.73 Å². The molecule has 0 saturated carbocycles. The second-order valence-corrected chi connectivity index (χ2v) is 6.45. The Kier molecular flexibility index (Phi) is 3.01. The lowest BCUT2D eigenvalue weighted by Crippen LogP contribution is -2.22. The van der Waals surface area contributed by atoms with Gasteiger partial charge in [0.05, 0.1) is 11.0 Å². The van der Waals surface area contributed by atoms with Crippen molar-refractivity contribution in [3.8, 4) is 11.4 Å². The molecule has 0 bridgehead atoms. The topological polar surface area (TPSA) is 43.8 Å². The Morgan fingerprint density at radius 1 is 1.00 bits per heavy atom. The third-order valence-electron chi connectivity index (χ3n) is 3.85. The van der Waals surface area contributed by atoms with E-state index < -0.39 is 0 Å². The number of imidazole rings is 1. The van der Waals surface area contributed by atoms with Crippen molar-refractivity contribution < 1.29 is 0 Å². The maximum atomic E-state index is 6.07. The standard InChI is InChI=1S/C18H21N3/c1-12-13(8-7-9-14(12)19)17-20-15-10-5-6-11-16(15)21(17)18(2,3)4/h5-11H,19H2,1-4H3. The second-order valence-electron chi connectivity index (χ2n) is 6.45. The summed E-state index contributed by atoms with van der Waals surface area (Å²) in [5, 5.41) is 0. The van der Waals surface area contributed by atoms with Crippen LogP contribution in [0.25, 0.3) is 22.4 Å². The molecule has 0 amide bonds. The van der Waals surface area contributed by atoms with Crippen molar-refractivity contribution in [3.05, 3.63) is 48.0 Å². The quantitative estimate of drug-likeness (QED) is 0.673. The summed E-state index contributed by atoms with van der Waals surface area (Å²) in [6.45, 7) is 8.65. The molecule has 0 atom stereocenters. The first-order valence-electron chi connectivity index (χ1n) is 7.23. The van der Waals surface area contributed by atoms with Crippen LogP contribution < -0.4 is 5.73 Å². The van der Waals surface area contributed by atoms with Gasteiger partial charge in [0.2, 0.25) is 0 Å². The minimum Gasteiger partial charge on any atom is -0.398 e. The van der Waals surface area contributed by atoms with E-state index in [0.717, 1.165) is 33.7 Å². The number of nitrogen functional groups attached to an aromatic ring is 1. The molecule has 3 nitrogen and oxygen atoms in total. The van der Waals surface area contributed by atoms with Crippen LogP contribution in [-0.4, -0.2) is 9.55 Å². The smallest absolute Gasteiger partial charge is 0.141 e. The molecule has 1 heterocycles. The van der Waals surface area contributed by atoms with Crippen molar-refractivity contribution in [3.63, 3.8) is 0 Å². The monoisotopic (exact) mass is 279 g/mol. The molecule has 2 aromatic carbocycles. The number of nitrogens with zero attached hydrogens (tertiary/aromatic N) is 2. The summed E-state index contributed by atoms with van der Waals surface area (Å²) < 4.78 is 2.30. The molecular formula is C18H21N3. The molecule has 21 heavy (non-hydrogen) atoms. The first kappa shape index (κ1) is 13.7. The molecule has 0 spiro atoms. The lowest BCUT2D eigenvalue weighted by Gasteiger charge is -2.25. The van der Waals surface area contributed by atoms with E-state index in [0.29, 0.717) is 0 Å². The average Bonchev–Trinajstić information content (AvgIpc) is 2.80. The number of nitrogens with two attached hydrogens (primary N) is 1. The van der Waals surface area contributed by atoms with Crippen LogP contribution in [0.2, 0.25) is 0 Å². The molecule has 0 aliphatic carbocycles. The van der Waals surface area contributed by atoms with Crippen LogP contribution in [0.5, 0.6) is 0 Å². The second kappa shape index (κ2) is 4.62. The molecule has 0 unspecified atom stereocenters. The lowest BCUT2D eigenvalue weighted by molar-refractivity contribution is 0.413. The lowest BCUT2D eigenvalue weighted by atomic mass is 10.0. The van der Waals surface area contributed by atoms with E-state index in [9.17, 15) is 0 Å². The van der Waals surface area contributed by atoms with Gasteiger partial charge in [-0.15, -0.1) is 0 Å². The maximum absolute atomic E-state index is 6.07. The highest BCUT2D eigenvalue weighted by atomic mass is 15.1. The Hall–Kier alpha value is -2.29. The molecule has 2 N–H and O–H groups in total. The molecule has 0 saturated heterocycles. The van der Waals surface area contributed by atoms with Crippen LogP contribution in [0.15, 0.2) is 42.5 Å². The first-order chi connectivity index (χ1) is 9.89. The van der Waals surface area contributed by atoms with Gasteiger partial charge < -0.3 is 10.3 Å². The van der Waals surface area contributed by atoms with Crippen LogP contribution in [0, 0.1) is 6.92 Å². The summed E-state index contributed by atoms with van der Waals surface area (Å²) in [5.41, 5.74) is 11.2. The van der Waals surface area contributed by atoms with Gasteiger partial charge in [0.15, 0.2) is 0 Å². The van der Waals surface area contributed by atoms with Crippen molar-refractivity contribution in [2.45, 2.75) is 33.2 Å². The van der Waals surface area contributed by atoms with Crippen molar-refractivity contribution in [1.29, 1.82) is 0 Å². The van der Waals surface area contributed by atoms with Crippen molar-refractivity contribution in [2.24, 2.45) is 0 Å². The number of para-hydroxylation sites is 2. The Balaban J connectivity index is 2.40. The first-order valence-corrected chi connectivity index (χ1v) is 7.23. The van der Waals surface area contributed by atoms with Gasteiger partial charge in [0.1, 0.15) is 5.82 Å². The van der Waals surface area contributed by atoms with Crippen molar-refractivity contribution in [1.82, 2.24) is 9.55 Å². The van der Waals surface area contributed by atoms with Crippen LogP contribution >= 0.6 is 0 Å². The Bertz CT molecular complexity index is 807.